The molecule has 13 heterocycles. The van der Waals surface area contributed by atoms with Crippen LogP contribution in [0.5, 0.6) is 0 Å². The number of halogens is 12. The number of pyridine rings is 1. The van der Waals surface area contributed by atoms with Gasteiger partial charge in [0, 0.05) is 25.5 Å². The normalized spacial score (nSPS) is 17.6. The number of hydrogen-bond donors (Lipinski definition) is 6. The molecule has 0 aliphatic carbocycles. The number of nitrogens with one attached hydrogen (secondary N) is 6. The molecule has 0 spiro atoms. The number of rotatable bonds is 15. The highest BCUT2D eigenvalue weighted by molar-refractivity contribution is 6.30. The highest BCUT2D eigenvalue weighted by atomic mass is 35.5. The highest BCUT2D eigenvalue weighted by Gasteiger charge is 2.57. The van der Waals surface area contributed by atoms with Crippen molar-refractivity contribution in [2.45, 2.75) is 134 Å². The summed E-state index contributed by atoms with van der Waals surface area (Å²) in [6.45, 7) is 10.1. The molecule has 40 heteroatoms. The van der Waals surface area contributed by atoms with Crippen LogP contribution in [0.4, 0.5) is 65.7 Å². The van der Waals surface area contributed by atoms with E-state index in [1.165, 1.54) is 57.9 Å². The fourth-order valence-corrected chi connectivity index (χ4v) is 12.9. The Balaban J connectivity index is 0.000000143. The van der Waals surface area contributed by atoms with Gasteiger partial charge in [-0.15, -0.1) is 0 Å². The maximum atomic E-state index is 13.6. The van der Waals surface area contributed by atoms with Gasteiger partial charge in [0.1, 0.15) is 69.3 Å². The van der Waals surface area contributed by atoms with Crippen LogP contribution in [-0.2, 0) is 49.9 Å². The fourth-order valence-electron chi connectivity index (χ4n) is 12.7. The largest absolute Gasteiger partial charge is 0.453 e. The predicted octanol–water partition coefficient (Wildman–Crippen LogP) is 10.3. The Morgan fingerprint density at radius 2 is 0.833 bits per heavy atom. The van der Waals surface area contributed by atoms with Crippen molar-refractivity contribution in [2.24, 2.45) is 0 Å². The summed E-state index contributed by atoms with van der Waals surface area (Å²) in [5.41, 5.74) is -0.647. The summed E-state index contributed by atoms with van der Waals surface area (Å²) in [7, 11) is 0. The molecular formula is C68H56ClF11N22O6. The first kappa shape index (κ1) is 74.1. The Bertz CT molecular complexity index is 5550. The number of amides is 3. The number of anilines is 3. The molecule has 0 bridgehead atoms. The highest BCUT2D eigenvalue weighted by Crippen LogP contribution is 2.44. The predicted molar refractivity (Wildman–Crippen MR) is 363 cm³/mol. The molecule has 3 aliphatic heterocycles. The Labute approximate surface area is 603 Å². The van der Waals surface area contributed by atoms with Crippen LogP contribution in [0.1, 0.15) is 120 Å². The van der Waals surface area contributed by atoms with Gasteiger partial charge in [-0.3, -0.25) is 33.8 Å². The number of hydrogen-bond acceptors (Lipinski definition) is 19. The van der Waals surface area contributed by atoms with Crippen LogP contribution in [0.25, 0.3) is 51.5 Å². The third-order valence-corrected chi connectivity index (χ3v) is 18.8. The Kier molecular flexibility index (Phi) is 18.7. The van der Waals surface area contributed by atoms with E-state index in [0.717, 1.165) is 11.1 Å². The number of aromatic nitrogens is 19. The number of alkyl halides is 11. The SMILES string of the molecule is CC1(c2ccc(Cl)cn2)C(=O)Nc2nc(-c3cn4ncnc4c(CCCC(F)(F)F)n3)[nH]c(=O)c21.Cc1ccc([C@]2(C)C(=O)Nc3nc(-c4cn5nc(C)nc5c(CCC(F)(F)C(F)(F)F)n4)[nH]c(=O)c32)cc1.Cc1ccc([C@]2(C)C(=O)Nc3nc(-c4cn5ncnc5c(CCCC(F)(F)F)n4)[nH]c(=O)c32)cc1. The van der Waals surface area contributed by atoms with Crippen LogP contribution < -0.4 is 32.6 Å². The number of aromatic amines is 3. The molecule has 2 aromatic carbocycles. The molecule has 3 atom stereocenters. The molecule has 28 nitrogen and oxygen atoms in total. The molecule has 0 radical (unpaired) electrons. The van der Waals surface area contributed by atoms with Gasteiger partial charge in [0.25, 0.3) is 16.7 Å². The summed E-state index contributed by atoms with van der Waals surface area (Å²) in [6, 6.07) is 17.5. The van der Waals surface area contributed by atoms with Crippen molar-refractivity contribution in [2.75, 3.05) is 16.0 Å². The standard InChI is InChI=1S/C24H20F5N7O2.C23H20F3N7O2.C21H16ClF3N8O2/c1-11-4-6-13(7-5-11)22(3)16-18(34-21(22)38)32-17(33-20(16)37)15-10-36-19(30-12(2)35-36)14(31-15)8-9-23(25,26)24(27,28)29;1-12-5-7-13(8-6-12)22(2)16-18(32-21(22)35)30-17(31-20(16)34)15-10-33-19(27-11-28-33)14(29-15)4-3-9-23(24,25)26;1-20(13-5-4-10(22)7-26-13)14-16(32-19(20)35)30-15(31-18(14)34)12-8-33-17(27-9-28-33)11(29-12)3-2-6-21(23,24)25/h4-7,10H,8-9H2,1-3H3,(H2,32,33,34,37,38);5-8,10-11H,3-4,9H2,1-2H3,(H2,30,31,32,34,35);4-5,7-9H,2-3,6H2,1H3,(H2,30,31,32,34,35)/t2*22-;/m00./s1. The molecule has 108 heavy (non-hydrogen) atoms. The summed E-state index contributed by atoms with van der Waals surface area (Å²) in [5, 5.41) is 20.5. The Hall–Kier alpha value is -12.2. The minimum Gasteiger partial charge on any atom is -0.309 e. The zero-order valence-electron chi connectivity index (χ0n) is 57.0. The van der Waals surface area contributed by atoms with E-state index in [1.54, 1.807) is 57.2 Å². The lowest BCUT2D eigenvalue weighted by molar-refractivity contribution is -0.284. The lowest BCUT2D eigenvalue weighted by Gasteiger charge is -2.22. The van der Waals surface area contributed by atoms with Crippen LogP contribution in [0.3, 0.4) is 0 Å². The second-order valence-electron chi connectivity index (χ2n) is 26.1. The zero-order chi connectivity index (χ0) is 77.5. The van der Waals surface area contributed by atoms with Crippen LogP contribution >= 0.6 is 11.6 Å². The van der Waals surface area contributed by atoms with Crippen molar-refractivity contribution in [1.82, 2.24) is 93.6 Å². The first-order valence-electron chi connectivity index (χ1n) is 32.7. The number of aryl methyl sites for hydroxylation is 6. The monoisotopic (exact) mass is 1520 g/mol. The van der Waals surface area contributed by atoms with Crippen LogP contribution in [0, 0.1) is 20.8 Å². The number of carbonyl (C=O) groups excluding carboxylic acids is 3. The van der Waals surface area contributed by atoms with Gasteiger partial charge in [-0.1, -0.05) is 71.3 Å². The van der Waals surface area contributed by atoms with Gasteiger partial charge in [0.15, 0.2) is 34.4 Å². The smallest absolute Gasteiger partial charge is 0.309 e. The molecule has 3 aliphatic rings. The lowest BCUT2D eigenvalue weighted by Crippen LogP contribution is -2.36. The van der Waals surface area contributed by atoms with Gasteiger partial charge in [0.2, 0.25) is 17.7 Å². The van der Waals surface area contributed by atoms with Crippen molar-refractivity contribution in [3.05, 3.63) is 202 Å². The summed E-state index contributed by atoms with van der Waals surface area (Å²) < 4.78 is 145. The fraction of sp³-hybridized carbons (Fsp3) is 0.309. The molecule has 0 saturated carbocycles. The Morgan fingerprint density at radius 3 is 1.22 bits per heavy atom. The van der Waals surface area contributed by atoms with Gasteiger partial charge < -0.3 is 30.9 Å². The molecule has 6 N–H and O–H groups in total. The van der Waals surface area contributed by atoms with Gasteiger partial charge in [-0.05, 0) is 96.9 Å². The number of nitrogens with zero attached hydrogens (tertiary/aromatic N) is 16. The third-order valence-electron chi connectivity index (χ3n) is 18.5. The minimum atomic E-state index is -5.72. The van der Waals surface area contributed by atoms with E-state index in [0.29, 0.717) is 38.8 Å². The van der Waals surface area contributed by atoms with E-state index < -0.39 is 94.9 Å². The first-order valence-corrected chi connectivity index (χ1v) is 33.1. The number of carbonyl (C=O) groups is 3. The van der Waals surface area contributed by atoms with E-state index >= 15 is 0 Å². The van der Waals surface area contributed by atoms with Crippen molar-refractivity contribution in [3.63, 3.8) is 0 Å². The summed E-state index contributed by atoms with van der Waals surface area (Å²) >= 11 is 5.90. The van der Waals surface area contributed by atoms with Gasteiger partial charge in [0.05, 0.1) is 63.1 Å². The molecule has 3 amide bonds. The molecule has 10 aromatic heterocycles. The summed E-state index contributed by atoms with van der Waals surface area (Å²) in [4.78, 5) is 129. The van der Waals surface area contributed by atoms with Crippen LogP contribution in [0.2, 0.25) is 5.02 Å². The van der Waals surface area contributed by atoms with Crippen molar-refractivity contribution in [3.8, 4) is 34.6 Å². The van der Waals surface area contributed by atoms with Crippen molar-refractivity contribution < 1.29 is 62.7 Å². The summed E-state index contributed by atoms with van der Waals surface area (Å²) in [5.74, 6) is -6.02. The zero-order valence-corrected chi connectivity index (χ0v) is 57.8. The molecular weight excluding hydrogens is 1470 g/mol. The molecule has 0 fully saturated rings. The first-order chi connectivity index (χ1) is 50.8. The van der Waals surface area contributed by atoms with E-state index in [9.17, 15) is 77.1 Å². The molecule has 558 valence electrons. The number of fused-ring (bicyclic) bond motifs is 6. The maximum Gasteiger partial charge on any atom is 0.453 e. The second-order valence-corrected chi connectivity index (χ2v) is 26.5. The van der Waals surface area contributed by atoms with Crippen LogP contribution in [0.15, 0.2) is 112 Å². The Morgan fingerprint density at radius 1 is 0.444 bits per heavy atom. The van der Waals surface area contributed by atoms with E-state index in [1.807, 2.05) is 38.1 Å². The molecule has 15 rings (SSSR count). The number of benzene rings is 2. The van der Waals surface area contributed by atoms with Crippen molar-refractivity contribution in [1.29, 1.82) is 0 Å². The van der Waals surface area contributed by atoms with E-state index in [-0.39, 0.29) is 123 Å². The minimum absolute atomic E-state index is 0.00650. The average Bonchev–Trinajstić information content (AvgIpc) is 1.58. The van der Waals surface area contributed by atoms with E-state index in [4.69, 9.17) is 11.6 Å². The molecule has 1 unspecified atom stereocenters. The van der Waals surface area contributed by atoms with E-state index in [2.05, 4.69) is 96.0 Å². The maximum absolute atomic E-state index is 13.6. The average molecular weight is 1520 g/mol. The number of H-pyrrole nitrogens is 3. The van der Waals surface area contributed by atoms with Gasteiger partial charge >= 0.3 is 24.5 Å². The van der Waals surface area contributed by atoms with Gasteiger partial charge in [-0.25, -0.2) is 58.4 Å². The van der Waals surface area contributed by atoms with Crippen molar-refractivity contribution >= 4 is 63.7 Å². The van der Waals surface area contributed by atoms with Crippen LogP contribution in [-0.4, -0.2) is 136 Å². The summed E-state index contributed by atoms with van der Waals surface area (Å²) in [6.07, 6.45) is -10.8. The third kappa shape index (κ3) is 13.9. The molecule has 12 aromatic rings. The lowest BCUT2D eigenvalue weighted by atomic mass is 9.78. The van der Waals surface area contributed by atoms with Gasteiger partial charge in [-0.2, -0.15) is 63.6 Å². The second kappa shape index (κ2) is 27.3. The quantitative estimate of drug-likeness (QED) is 0.0519. The molecule has 0 saturated heterocycles. The topological polar surface area (TPSA) is 367 Å².